The van der Waals surface area contributed by atoms with Crippen LogP contribution in [0.3, 0.4) is 0 Å². The molecule has 0 aliphatic carbocycles. The van der Waals surface area contributed by atoms with Gasteiger partial charge in [-0.1, -0.05) is 6.92 Å². The van der Waals surface area contributed by atoms with Gasteiger partial charge in [0.2, 0.25) is 5.78 Å². The number of methoxy groups -OCH3 is 1. The Kier molecular flexibility index (Phi) is 21.6. The van der Waals surface area contributed by atoms with Crippen molar-refractivity contribution in [3.05, 3.63) is 51.6 Å². The number of benzene rings is 1. The molecule has 2 heterocycles. The summed E-state index contributed by atoms with van der Waals surface area (Å²) in [6.45, 7) is 3.78. The molecular formula is C20H22F2N2Na2O6S. The Morgan fingerprint density at radius 1 is 1.12 bits per heavy atom. The number of carbonyl (C=O) groups is 3. The maximum absolute atomic E-state index is 13.7. The predicted molar refractivity (Wildman–Crippen MR) is 108 cm³/mol. The first-order valence-electron chi connectivity index (χ1n) is 8.57. The predicted octanol–water partition coefficient (Wildman–Crippen LogP) is -4.42. The number of halogens is 2. The van der Waals surface area contributed by atoms with Crippen LogP contribution in [0.2, 0.25) is 0 Å². The molecule has 1 aromatic carbocycles. The molecule has 0 saturated carbocycles. The second kappa shape index (κ2) is 19.4. The molecule has 0 bridgehead atoms. The Hall–Kier alpha value is -0.860. The Morgan fingerprint density at radius 3 is 2.18 bits per heavy atom. The minimum Gasteiger partial charge on any atom is -0.857 e. The molecule has 0 N–H and O–H groups in total. The molecule has 0 aliphatic rings. The first-order valence-corrected chi connectivity index (χ1v) is 9.45. The molecule has 170 valence electrons. The van der Waals surface area contributed by atoms with Gasteiger partial charge in [-0.05, 0) is 6.07 Å². The number of ketones is 2. The van der Waals surface area contributed by atoms with Crippen LogP contribution in [0.5, 0.6) is 0 Å². The SMILES string of the molecule is C=O.CCC(=O)c1csc(C(=O)c2cn(COC)c3cc(F)c(F)cc23)n1.C[O-].C[O-].[Na+].[Na+]. The summed E-state index contributed by atoms with van der Waals surface area (Å²) in [5.74, 6) is -2.67. The largest absolute Gasteiger partial charge is 1.00 e. The molecule has 0 aliphatic heterocycles. The van der Waals surface area contributed by atoms with E-state index in [-0.39, 0.29) is 99.7 Å². The van der Waals surface area contributed by atoms with Gasteiger partial charge in [0.1, 0.15) is 19.2 Å². The minimum atomic E-state index is -1.04. The average Bonchev–Trinajstić information content (AvgIpc) is 3.44. The molecule has 0 radical (unpaired) electrons. The average molecular weight is 502 g/mol. The number of fused-ring (bicyclic) bond motifs is 1. The van der Waals surface area contributed by atoms with Gasteiger partial charge < -0.3 is 24.3 Å². The van der Waals surface area contributed by atoms with Crippen LogP contribution in [0.4, 0.5) is 8.78 Å². The molecular weight excluding hydrogens is 480 g/mol. The van der Waals surface area contributed by atoms with Crippen molar-refractivity contribution in [2.75, 3.05) is 21.3 Å². The first-order chi connectivity index (χ1) is 15.0. The number of hydrogen-bond acceptors (Lipinski definition) is 8. The van der Waals surface area contributed by atoms with Crippen molar-refractivity contribution in [2.45, 2.75) is 20.1 Å². The number of thiazole rings is 1. The fourth-order valence-electron chi connectivity index (χ4n) is 2.51. The number of aromatic nitrogens is 2. The maximum Gasteiger partial charge on any atom is 1.00 e. The monoisotopic (exact) mass is 502 g/mol. The summed E-state index contributed by atoms with van der Waals surface area (Å²) in [4.78, 5) is 36.5. The van der Waals surface area contributed by atoms with Crippen LogP contribution < -0.4 is 69.3 Å². The van der Waals surface area contributed by atoms with E-state index in [4.69, 9.17) is 19.7 Å². The first kappa shape index (κ1) is 36.7. The normalized spacial score (nSPS) is 8.97. The van der Waals surface area contributed by atoms with Crippen molar-refractivity contribution in [1.82, 2.24) is 9.55 Å². The van der Waals surface area contributed by atoms with E-state index in [0.29, 0.717) is 5.52 Å². The maximum atomic E-state index is 13.7. The summed E-state index contributed by atoms with van der Waals surface area (Å²) in [6.07, 6.45) is 1.76. The number of carbonyl (C=O) groups excluding carboxylic acids is 3. The molecule has 0 fully saturated rings. The van der Waals surface area contributed by atoms with Crippen LogP contribution >= 0.6 is 11.3 Å². The molecule has 0 atom stereocenters. The van der Waals surface area contributed by atoms with Gasteiger partial charge in [0.05, 0.1) is 11.1 Å². The third-order valence-corrected chi connectivity index (χ3v) is 4.58. The van der Waals surface area contributed by atoms with E-state index in [9.17, 15) is 18.4 Å². The molecule has 0 spiro atoms. The Bertz CT molecular complexity index is 1010. The van der Waals surface area contributed by atoms with Gasteiger partial charge in [0.25, 0.3) is 0 Å². The van der Waals surface area contributed by atoms with E-state index in [1.165, 1.54) is 23.3 Å². The molecule has 2 aromatic heterocycles. The topological polar surface area (TPSA) is 124 Å². The van der Waals surface area contributed by atoms with Crippen molar-refractivity contribution in [1.29, 1.82) is 0 Å². The molecule has 13 heteroatoms. The molecule has 0 unspecified atom stereocenters. The van der Waals surface area contributed by atoms with Crippen molar-refractivity contribution in [2.24, 2.45) is 0 Å². The number of nitrogens with zero attached hydrogens (tertiary/aromatic N) is 2. The fraction of sp³-hybridized carbons (Fsp3) is 0.300. The van der Waals surface area contributed by atoms with E-state index in [1.807, 2.05) is 6.79 Å². The minimum absolute atomic E-state index is 0. The number of Topliss-reactive ketones (excluding diaryl/α,β-unsaturated/α-hetero) is 1. The second-order valence-corrected chi connectivity index (χ2v) is 6.22. The van der Waals surface area contributed by atoms with Crippen LogP contribution in [-0.4, -0.2) is 49.2 Å². The van der Waals surface area contributed by atoms with Crippen molar-refractivity contribution in [3.8, 4) is 0 Å². The molecule has 0 saturated heterocycles. The van der Waals surface area contributed by atoms with Crippen LogP contribution in [0.1, 0.15) is 39.2 Å². The number of ether oxygens (including phenoxy) is 1. The third kappa shape index (κ3) is 9.36. The van der Waals surface area contributed by atoms with Crippen LogP contribution in [-0.2, 0) is 16.3 Å². The molecule has 3 aromatic rings. The van der Waals surface area contributed by atoms with E-state index < -0.39 is 17.4 Å². The van der Waals surface area contributed by atoms with E-state index in [0.717, 1.165) is 37.7 Å². The van der Waals surface area contributed by atoms with Crippen LogP contribution in [0.25, 0.3) is 10.9 Å². The van der Waals surface area contributed by atoms with E-state index >= 15 is 0 Å². The zero-order chi connectivity index (χ0) is 24.1. The van der Waals surface area contributed by atoms with Gasteiger partial charge in [-0.15, -0.1) is 11.3 Å². The Morgan fingerprint density at radius 2 is 1.67 bits per heavy atom. The fourth-order valence-corrected chi connectivity index (χ4v) is 3.29. The summed E-state index contributed by atoms with van der Waals surface area (Å²) >= 11 is 1.04. The molecule has 0 amide bonds. The van der Waals surface area contributed by atoms with E-state index in [1.54, 1.807) is 6.92 Å². The van der Waals surface area contributed by atoms with Gasteiger partial charge in [-0.25, -0.2) is 13.8 Å². The van der Waals surface area contributed by atoms with Crippen LogP contribution in [0, 0.1) is 11.6 Å². The zero-order valence-corrected chi connectivity index (χ0v) is 24.3. The summed E-state index contributed by atoms with van der Waals surface area (Å²) in [6, 6.07) is 2.00. The molecule has 3 rings (SSSR count). The standard InChI is InChI=1S/C17H14F2N2O3S.2CH3O.CH2O.2Na/c1-3-15(22)13-7-25-17(20-13)16(23)10-6-21(8-24-2)14-5-12(19)11(18)4-9(10)14;3*1-2;;/h4-7H,3,8H2,1-2H3;2*1H3;1H2;;/q;2*-1;;2*+1. The Balaban J connectivity index is -0.00000104. The van der Waals surface area contributed by atoms with E-state index in [2.05, 4.69) is 4.98 Å². The molecule has 33 heavy (non-hydrogen) atoms. The van der Waals surface area contributed by atoms with Crippen molar-refractivity contribution >= 4 is 40.6 Å². The summed E-state index contributed by atoms with van der Waals surface area (Å²) in [5.41, 5.74) is 0.745. The zero-order valence-electron chi connectivity index (χ0n) is 19.4. The Labute approximate surface area is 238 Å². The van der Waals surface area contributed by atoms with Crippen molar-refractivity contribution in [3.63, 3.8) is 0 Å². The van der Waals surface area contributed by atoms with Gasteiger partial charge in [-0.3, -0.25) is 9.59 Å². The third-order valence-electron chi connectivity index (χ3n) is 3.74. The number of rotatable bonds is 6. The van der Waals surface area contributed by atoms with Gasteiger partial charge in [-0.2, -0.15) is 14.2 Å². The summed E-state index contributed by atoms with van der Waals surface area (Å²) in [5, 5.41) is 18.4. The second-order valence-electron chi connectivity index (χ2n) is 5.36. The molecule has 8 nitrogen and oxygen atoms in total. The number of hydrogen-bond donors (Lipinski definition) is 0. The van der Waals surface area contributed by atoms with Crippen LogP contribution in [0.15, 0.2) is 23.7 Å². The van der Waals surface area contributed by atoms with Gasteiger partial charge in [0, 0.05) is 36.6 Å². The van der Waals surface area contributed by atoms with Gasteiger partial charge >= 0.3 is 59.1 Å². The summed E-state index contributed by atoms with van der Waals surface area (Å²) in [7, 11) is 2.96. The van der Waals surface area contributed by atoms with Crippen molar-refractivity contribution < 1.29 is 97.2 Å². The quantitative estimate of drug-likeness (QED) is 0.246. The van der Waals surface area contributed by atoms with Gasteiger partial charge in [0.15, 0.2) is 22.4 Å². The smallest absolute Gasteiger partial charge is 0.857 e. The summed E-state index contributed by atoms with van der Waals surface area (Å²) < 4.78 is 33.8.